The van der Waals surface area contributed by atoms with Crippen molar-refractivity contribution >= 4 is 29.8 Å². The van der Waals surface area contributed by atoms with E-state index in [-0.39, 0.29) is 12.4 Å². The Bertz CT molecular complexity index is 1180. The molecular weight excluding hydrogens is 468 g/mol. The number of nitrogens with one attached hydrogen (secondary N) is 1. The van der Waals surface area contributed by atoms with Crippen molar-refractivity contribution in [2.24, 2.45) is 21.8 Å². The minimum Gasteiger partial charge on any atom is -0.487 e. The van der Waals surface area contributed by atoms with Gasteiger partial charge in [0.05, 0.1) is 5.69 Å². The van der Waals surface area contributed by atoms with E-state index in [1.807, 2.05) is 68.6 Å². The lowest BCUT2D eigenvalue weighted by Crippen LogP contribution is -2.14. The molecule has 0 fully saturated rings. The monoisotopic (exact) mass is 498 g/mol. The second kappa shape index (κ2) is 13.0. The molecule has 0 aliphatic carbocycles. The number of anilines is 1. The Balaban J connectivity index is 0.00000432. The molecule has 10 heteroatoms. The summed E-state index contributed by atoms with van der Waals surface area (Å²) in [6, 6.07) is 15.3. The summed E-state index contributed by atoms with van der Waals surface area (Å²) in [5.41, 5.74) is 18.1. The molecule has 0 unspecified atom stereocenters. The SMILES string of the molecule is CO/N=C(\N)c1ccc(NCc2cnc(C)c(OCc3cccc(/C(N)=N/OC)c3)c2C)cc1.Cl. The summed E-state index contributed by atoms with van der Waals surface area (Å²) in [5.74, 6) is 1.41. The molecule has 0 atom stereocenters. The highest BCUT2D eigenvalue weighted by molar-refractivity contribution is 5.97. The average Bonchev–Trinajstić information content (AvgIpc) is 2.84. The van der Waals surface area contributed by atoms with Crippen LogP contribution in [-0.4, -0.2) is 30.9 Å². The zero-order valence-electron chi connectivity index (χ0n) is 20.2. The molecule has 2 aromatic carbocycles. The van der Waals surface area contributed by atoms with Crippen LogP contribution in [-0.2, 0) is 22.8 Å². The van der Waals surface area contributed by atoms with Crippen molar-refractivity contribution in [1.82, 2.24) is 4.98 Å². The van der Waals surface area contributed by atoms with Crippen LogP contribution in [0.5, 0.6) is 5.75 Å². The summed E-state index contributed by atoms with van der Waals surface area (Å²) < 4.78 is 6.16. The summed E-state index contributed by atoms with van der Waals surface area (Å²) in [6.45, 7) is 4.94. The first-order chi connectivity index (χ1) is 16.4. The van der Waals surface area contributed by atoms with E-state index >= 15 is 0 Å². The summed E-state index contributed by atoms with van der Waals surface area (Å²) >= 11 is 0. The molecule has 0 spiro atoms. The van der Waals surface area contributed by atoms with Gasteiger partial charge in [0.2, 0.25) is 0 Å². The van der Waals surface area contributed by atoms with Crippen molar-refractivity contribution in [2.45, 2.75) is 27.0 Å². The number of pyridine rings is 1. The van der Waals surface area contributed by atoms with E-state index in [1.165, 1.54) is 14.2 Å². The van der Waals surface area contributed by atoms with E-state index in [1.54, 1.807) is 0 Å². The summed E-state index contributed by atoms with van der Waals surface area (Å²) in [4.78, 5) is 14.0. The van der Waals surface area contributed by atoms with Crippen LogP contribution in [0.1, 0.15) is 33.5 Å². The van der Waals surface area contributed by atoms with Gasteiger partial charge >= 0.3 is 0 Å². The van der Waals surface area contributed by atoms with E-state index < -0.39 is 0 Å². The molecule has 9 nitrogen and oxygen atoms in total. The third-order valence-electron chi connectivity index (χ3n) is 5.21. The van der Waals surface area contributed by atoms with Crippen molar-refractivity contribution in [3.63, 3.8) is 0 Å². The molecule has 0 saturated heterocycles. The lowest BCUT2D eigenvalue weighted by Gasteiger charge is -2.16. The molecule has 3 aromatic rings. The first-order valence-corrected chi connectivity index (χ1v) is 10.7. The van der Waals surface area contributed by atoms with Gasteiger partial charge in [0, 0.05) is 29.6 Å². The second-order valence-corrected chi connectivity index (χ2v) is 7.56. The van der Waals surface area contributed by atoms with Crippen LogP contribution in [0.15, 0.2) is 65.0 Å². The van der Waals surface area contributed by atoms with Crippen LogP contribution in [0.3, 0.4) is 0 Å². The first-order valence-electron chi connectivity index (χ1n) is 10.7. The Hall–Kier alpha value is -3.98. The molecule has 1 heterocycles. The first kappa shape index (κ1) is 27.3. The van der Waals surface area contributed by atoms with Crippen LogP contribution in [0.2, 0.25) is 0 Å². The van der Waals surface area contributed by atoms with Crippen molar-refractivity contribution in [1.29, 1.82) is 0 Å². The topological polar surface area (TPSA) is 129 Å². The third kappa shape index (κ3) is 7.25. The standard InChI is InChI=1S/C25H30N6O3.ClH/c1-16-21(14-29-22-10-8-19(9-11-22)24(26)30-32-3)13-28-17(2)23(16)34-15-18-6-5-7-20(12-18)25(27)31-33-4;/h5-13,29H,14-15H2,1-4H3,(H2,26,30)(H2,27,31);1H. The number of aryl methyl sites for hydroxylation is 1. The number of aromatic nitrogens is 1. The number of oxime groups is 2. The fourth-order valence-electron chi connectivity index (χ4n) is 3.37. The Morgan fingerprint density at radius 1 is 0.943 bits per heavy atom. The maximum atomic E-state index is 6.16. The van der Waals surface area contributed by atoms with E-state index in [0.29, 0.717) is 24.8 Å². The summed E-state index contributed by atoms with van der Waals surface area (Å²) in [5, 5.41) is 10.9. The van der Waals surface area contributed by atoms with E-state index in [4.69, 9.17) is 25.9 Å². The number of nitrogens with two attached hydrogens (primary N) is 2. The highest BCUT2D eigenvalue weighted by atomic mass is 35.5. The normalized spacial score (nSPS) is 11.4. The lowest BCUT2D eigenvalue weighted by atomic mass is 10.1. The molecule has 0 bridgehead atoms. The molecular formula is C25H31ClN6O3. The maximum absolute atomic E-state index is 6.16. The van der Waals surface area contributed by atoms with Crippen molar-refractivity contribution in [3.05, 3.63) is 88.2 Å². The predicted octanol–water partition coefficient (Wildman–Crippen LogP) is 3.84. The van der Waals surface area contributed by atoms with Crippen LogP contribution in [0, 0.1) is 13.8 Å². The van der Waals surface area contributed by atoms with Crippen molar-refractivity contribution < 1.29 is 14.4 Å². The van der Waals surface area contributed by atoms with Crippen molar-refractivity contribution in [3.8, 4) is 5.75 Å². The van der Waals surface area contributed by atoms with Gasteiger partial charge in [-0.15, -0.1) is 12.4 Å². The smallest absolute Gasteiger partial charge is 0.170 e. The molecule has 0 amide bonds. The largest absolute Gasteiger partial charge is 0.487 e. The number of nitrogens with zero attached hydrogens (tertiary/aromatic N) is 3. The van der Waals surface area contributed by atoms with Crippen LogP contribution in [0.4, 0.5) is 5.69 Å². The number of ether oxygens (including phenoxy) is 1. The van der Waals surface area contributed by atoms with E-state index in [2.05, 4.69) is 20.6 Å². The molecule has 186 valence electrons. The van der Waals surface area contributed by atoms with Crippen molar-refractivity contribution in [2.75, 3.05) is 19.5 Å². The fourth-order valence-corrected chi connectivity index (χ4v) is 3.37. The Kier molecular flexibility index (Phi) is 10.2. The van der Waals surface area contributed by atoms with Gasteiger partial charge in [-0.1, -0.05) is 28.5 Å². The number of hydrogen-bond acceptors (Lipinski definition) is 7. The number of hydrogen-bond donors (Lipinski definition) is 3. The second-order valence-electron chi connectivity index (χ2n) is 7.56. The molecule has 0 aliphatic heterocycles. The molecule has 1 aromatic heterocycles. The van der Waals surface area contributed by atoms with Crippen LogP contribution in [0.25, 0.3) is 0 Å². The molecule has 0 radical (unpaired) electrons. The van der Waals surface area contributed by atoms with Gasteiger partial charge in [-0.3, -0.25) is 4.98 Å². The summed E-state index contributed by atoms with van der Waals surface area (Å²) in [6.07, 6.45) is 1.87. The van der Waals surface area contributed by atoms with E-state index in [9.17, 15) is 0 Å². The Morgan fingerprint density at radius 3 is 2.26 bits per heavy atom. The molecule has 35 heavy (non-hydrogen) atoms. The zero-order chi connectivity index (χ0) is 24.5. The number of amidine groups is 2. The van der Waals surface area contributed by atoms with Gasteiger partial charge in [-0.25, -0.2) is 0 Å². The zero-order valence-corrected chi connectivity index (χ0v) is 21.1. The van der Waals surface area contributed by atoms with Gasteiger partial charge in [-0.05, 0) is 60.9 Å². The Labute approximate surface area is 211 Å². The minimum absolute atomic E-state index is 0. The van der Waals surface area contributed by atoms with Gasteiger partial charge in [-0.2, -0.15) is 0 Å². The number of rotatable bonds is 10. The quantitative estimate of drug-likeness (QED) is 0.220. The van der Waals surface area contributed by atoms with Gasteiger partial charge < -0.3 is 31.2 Å². The predicted molar refractivity (Wildman–Crippen MR) is 141 cm³/mol. The number of halogens is 1. The lowest BCUT2D eigenvalue weighted by molar-refractivity contribution is 0.213. The average molecular weight is 499 g/mol. The maximum Gasteiger partial charge on any atom is 0.170 e. The Morgan fingerprint density at radius 2 is 1.60 bits per heavy atom. The molecule has 3 rings (SSSR count). The van der Waals surface area contributed by atoms with Crippen LogP contribution < -0.4 is 21.5 Å². The molecule has 5 N–H and O–H groups in total. The van der Waals surface area contributed by atoms with Gasteiger partial charge in [0.25, 0.3) is 0 Å². The highest BCUT2D eigenvalue weighted by Gasteiger charge is 2.11. The fraction of sp³-hybridized carbons (Fsp3) is 0.240. The van der Waals surface area contributed by atoms with Gasteiger partial charge in [0.15, 0.2) is 11.7 Å². The highest BCUT2D eigenvalue weighted by Crippen LogP contribution is 2.26. The number of benzene rings is 2. The molecule has 0 saturated carbocycles. The van der Waals surface area contributed by atoms with E-state index in [0.717, 1.165) is 44.9 Å². The van der Waals surface area contributed by atoms with Crippen LogP contribution >= 0.6 is 12.4 Å². The summed E-state index contributed by atoms with van der Waals surface area (Å²) in [7, 11) is 2.92. The van der Waals surface area contributed by atoms with Gasteiger partial charge in [0.1, 0.15) is 26.6 Å². The third-order valence-corrected chi connectivity index (χ3v) is 5.21. The minimum atomic E-state index is 0. The molecule has 0 aliphatic rings.